The molecule has 20 heavy (non-hydrogen) atoms. The number of benzene rings is 1. The first kappa shape index (κ1) is 17.3. The molecule has 4 nitrogen and oxygen atoms in total. The number of hydrogen-bond donors (Lipinski definition) is 1. The topological polar surface area (TPSA) is 71.4 Å². The van der Waals surface area contributed by atoms with Crippen molar-refractivity contribution >= 4 is 43.5 Å². The SMILES string of the molecule is O=C(O)c1ccc(Br)c(S(=O)(=O)CCSC(F)(F)F)c1. The summed E-state index contributed by atoms with van der Waals surface area (Å²) >= 11 is 2.51. The summed E-state index contributed by atoms with van der Waals surface area (Å²) in [4.78, 5) is 10.4. The highest BCUT2D eigenvalue weighted by Crippen LogP contribution is 2.31. The Morgan fingerprint density at radius 1 is 1.35 bits per heavy atom. The molecule has 0 saturated carbocycles. The van der Waals surface area contributed by atoms with Crippen LogP contribution in [0.2, 0.25) is 0 Å². The molecule has 0 spiro atoms. The molecule has 0 heterocycles. The Morgan fingerprint density at radius 3 is 2.45 bits per heavy atom. The molecule has 1 rings (SSSR count). The van der Waals surface area contributed by atoms with Gasteiger partial charge in [0.2, 0.25) is 0 Å². The van der Waals surface area contributed by atoms with Crippen LogP contribution in [0.5, 0.6) is 0 Å². The Labute approximate surface area is 125 Å². The molecule has 0 radical (unpaired) electrons. The fraction of sp³-hybridized carbons (Fsp3) is 0.300. The number of alkyl halides is 3. The molecule has 0 unspecified atom stereocenters. The molecule has 10 heteroatoms. The highest BCUT2D eigenvalue weighted by atomic mass is 79.9. The Bertz CT molecular complexity index is 613. The van der Waals surface area contributed by atoms with Gasteiger partial charge in [0.15, 0.2) is 9.84 Å². The van der Waals surface area contributed by atoms with Gasteiger partial charge in [0.1, 0.15) is 0 Å². The number of hydrogen-bond acceptors (Lipinski definition) is 4. The van der Waals surface area contributed by atoms with Crippen LogP contribution in [0.4, 0.5) is 13.2 Å². The average molecular weight is 393 g/mol. The number of carboxylic acid groups (broad SMARTS) is 1. The third kappa shape index (κ3) is 4.98. The highest BCUT2D eigenvalue weighted by Gasteiger charge is 2.29. The van der Waals surface area contributed by atoms with Gasteiger partial charge in [-0.3, -0.25) is 0 Å². The monoisotopic (exact) mass is 392 g/mol. The van der Waals surface area contributed by atoms with Crippen molar-refractivity contribution in [3.63, 3.8) is 0 Å². The van der Waals surface area contributed by atoms with E-state index in [2.05, 4.69) is 15.9 Å². The highest BCUT2D eigenvalue weighted by molar-refractivity contribution is 9.10. The van der Waals surface area contributed by atoms with Gasteiger partial charge in [-0.05, 0) is 45.9 Å². The van der Waals surface area contributed by atoms with Crippen molar-refractivity contribution in [3.05, 3.63) is 28.2 Å². The lowest BCUT2D eigenvalue weighted by Crippen LogP contribution is -2.13. The van der Waals surface area contributed by atoms with E-state index in [1.165, 1.54) is 12.1 Å². The van der Waals surface area contributed by atoms with E-state index in [1.807, 2.05) is 0 Å². The molecule has 0 bridgehead atoms. The molecular weight excluding hydrogens is 385 g/mol. The van der Waals surface area contributed by atoms with Gasteiger partial charge in [0, 0.05) is 10.2 Å². The zero-order valence-corrected chi connectivity index (χ0v) is 12.9. The summed E-state index contributed by atoms with van der Waals surface area (Å²) in [5.41, 5.74) is -4.76. The number of rotatable bonds is 5. The minimum Gasteiger partial charge on any atom is -0.478 e. The Balaban J connectivity index is 2.97. The largest absolute Gasteiger partial charge is 0.478 e. The lowest BCUT2D eigenvalue weighted by atomic mass is 10.2. The van der Waals surface area contributed by atoms with Gasteiger partial charge in [0.05, 0.1) is 16.2 Å². The third-order valence-corrected chi connectivity index (χ3v) is 5.83. The molecule has 0 atom stereocenters. The van der Waals surface area contributed by atoms with Crippen LogP contribution in [0.1, 0.15) is 10.4 Å². The van der Waals surface area contributed by atoms with Crippen molar-refractivity contribution in [2.75, 3.05) is 11.5 Å². The molecule has 0 aromatic heterocycles. The van der Waals surface area contributed by atoms with E-state index in [0.717, 1.165) is 6.07 Å². The maximum absolute atomic E-state index is 12.0. The van der Waals surface area contributed by atoms with Crippen molar-refractivity contribution in [2.45, 2.75) is 10.4 Å². The van der Waals surface area contributed by atoms with Crippen molar-refractivity contribution < 1.29 is 31.5 Å². The zero-order chi connectivity index (χ0) is 15.6. The summed E-state index contributed by atoms with van der Waals surface area (Å²) in [5.74, 6) is -2.72. The number of thioether (sulfide) groups is 1. The summed E-state index contributed by atoms with van der Waals surface area (Å²) in [6.07, 6.45) is 0. The van der Waals surface area contributed by atoms with Gasteiger partial charge >= 0.3 is 11.5 Å². The lowest BCUT2D eigenvalue weighted by molar-refractivity contribution is -0.0326. The molecule has 0 aliphatic rings. The zero-order valence-electron chi connectivity index (χ0n) is 9.65. The number of sulfone groups is 1. The summed E-state index contributed by atoms with van der Waals surface area (Å²) in [5, 5.41) is 8.79. The van der Waals surface area contributed by atoms with Gasteiger partial charge in [-0.15, -0.1) is 0 Å². The van der Waals surface area contributed by atoms with E-state index in [1.54, 1.807) is 0 Å². The normalized spacial score (nSPS) is 12.4. The second-order valence-electron chi connectivity index (χ2n) is 3.56. The molecule has 0 amide bonds. The molecule has 1 N–H and O–H groups in total. The van der Waals surface area contributed by atoms with Gasteiger partial charge in [-0.1, -0.05) is 0 Å². The summed E-state index contributed by atoms with van der Waals surface area (Å²) in [6, 6.07) is 3.34. The molecule has 0 aliphatic heterocycles. The van der Waals surface area contributed by atoms with Crippen LogP contribution < -0.4 is 0 Å². The van der Waals surface area contributed by atoms with E-state index in [4.69, 9.17) is 5.11 Å². The molecule has 0 aliphatic carbocycles. The molecule has 1 aromatic rings. The Hall–Kier alpha value is -0.740. The minimum atomic E-state index is -4.50. The second kappa shape index (κ2) is 6.35. The second-order valence-corrected chi connectivity index (χ2v) is 7.66. The predicted octanol–water partition coefficient (Wildman–Crippen LogP) is 3.17. The lowest BCUT2D eigenvalue weighted by Gasteiger charge is -2.09. The average Bonchev–Trinajstić information content (AvgIpc) is 2.26. The molecular formula is C10H8BrF3O4S2. The Kier molecular flexibility index (Phi) is 5.50. The fourth-order valence-corrected chi connectivity index (χ4v) is 4.57. The first-order chi connectivity index (χ1) is 9.03. The molecule has 0 fully saturated rings. The summed E-state index contributed by atoms with van der Waals surface area (Å²) in [7, 11) is -4.00. The standard InChI is InChI=1S/C10H8BrF3O4S2/c11-7-2-1-6(9(15)16)5-8(7)20(17,18)4-3-19-10(12,13)14/h1-2,5H,3-4H2,(H,15,16). The summed E-state index contributed by atoms with van der Waals surface area (Å²) in [6.45, 7) is 0. The molecule has 0 saturated heterocycles. The van der Waals surface area contributed by atoms with Crippen molar-refractivity contribution in [1.29, 1.82) is 0 Å². The van der Waals surface area contributed by atoms with Crippen LogP contribution in [-0.4, -0.2) is 36.5 Å². The van der Waals surface area contributed by atoms with Gasteiger partial charge < -0.3 is 5.11 Å². The van der Waals surface area contributed by atoms with E-state index in [0.29, 0.717) is 0 Å². The quantitative estimate of drug-likeness (QED) is 0.832. The minimum absolute atomic E-state index is 0.111. The smallest absolute Gasteiger partial charge is 0.441 e. The number of carbonyl (C=O) groups is 1. The summed E-state index contributed by atoms with van der Waals surface area (Å²) < 4.78 is 59.8. The Morgan fingerprint density at radius 2 is 1.95 bits per heavy atom. The predicted molar refractivity (Wildman–Crippen MR) is 71.7 cm³/mol. The van der Waals surface area contributed by atoms with E-state index >= 15 is 0 Å². The first-order valence-corrected chi connectivity index (χ1v) is 8.42. The van der Waals surface area contributed by atoms with Crippen LogP contribution in [0.3, 0.4) is 0 Å². The van der Waals surface area contributed by atoms with Gasteiger partial charge in [0.25, 0.3) is 0 Å². The third-order valence-electron chi connectivity index (χ3n) is 2.13. The molecule has 1 aromatic carbocycles. The number of carboxylic acids is 1. The first-order valence-electron chi connectivity index (χ1n) is 4.99. The van der Waals surface area contributed by atoms with Crippen LogP contribution in [0.25, 0.3) is 0 Å². The maximum atomic E-state index is 12.0. The van der Waals surface area contributed by atoms with Gasteiger partial charge in [-0.2, -0.15) is 13.2 Å². The van der Waals surface area contributed by atoms with Crippen LogP contribution in [-0.2, 0) is 9.84 Å². The fourth-order valence-electron chi connectivity index (χ4n) is 1.25. The van der Waals surface area contributed by atoms with Crippen LogP contribution >= 0.6 is 27.7 Å². The van der Waals surface area contributed by atoms with E-state index in [-0.39, 0.29) is 14.9 Å². The number of halogens is 4. The van der Waals surface area contributed by atoms with E-state index < -0.39 is 44.6 Å². The van der Waals surface area contributed by atoms with Crippen molar-refractivity contribution in [2.24, 2.45) is 0 Å². The van der Waals surface area contributed by atoms with Crippen LogP contribution in [0.15, 0.2) is 27.6 Å². The number of aromatic carboxylic acids is 1. The van der Waals surface area contributed by atoms with Crippen molar-refractivity contribution in [3.8, 4) is 0 Å². The molecule has 112 valence electrons. The van der Waals surface area contributed by atoms with Crippen LogP contribution in [0, 0.1) is 0 Å². The van der Waals surface area contributed by atoms with Gasteiger partial charge in [-0.25, -0.2) is 13.2 Å². The van der Waals surface area contributed by atoms with Crippen molar-refractivity contribution in [1.82, 2.24) is 0 Å². The van der Waals surface area contributed by atoms with E-state index in [9.17, 15) is 26.4 Å². The maximum Gasteiger partial charge on any atom is 0.441 e.